The van der Waals surface area contributed by atoms with Crippen LogP contribution in [0.5, 0.6) is 11.5 Å². The lowest BCUT2D eigenvalue weighted by Gasteiger charge is -2.36. The predicted octanol–water partition coefficient (Wildman–Crippen LogP) is 2.16. The van der Waals surface area contributed by atoms with Gasteiger partial charge in [0.2, 0.25) is 18.6 Å². The molecule has 4 aliphatic rings. The van der Waals surface area contributed by atoms with E-state index in [1.165, 1.54) is 17.7 Å². The first kappa shape index (κ1) is 20.3. The maximum absolute atomic E-state index is 13.1. The standard InChI is InChI=1S/C23H29N3O5/c27-21-14-18(23(29)26(21)17-5-6-19-20(13-17)31-15-30-19)24-11-7-16(8-12-24)22(28)25-9-3-1-2-4-10-25/h5-6,13,16,18H,1-4,7-12,14-15H2/t18-/m0/s1. The minimum absolute atomic E-state index is 0.0338. The van der Waals surface area contributed by atoms with E-state index < -0.39 is 6.04 Å². The van der Waals surface area contributed by atoms with E-state index >= 15 is 0 Å². The van der Waals surface area contributed by atoms with Gasteiger partial charge in [-0.1, -0.05) is 12.8 Å². The summed E-state index contributed by atoms with van der Waals surface area (Å²) in [4.78, 5) is 44.2. The molecule has 0 N–H and O–H groups in total. The van der Waals surface area contributed by atoms with E-state index in [9.17, 15) is 14.4 Å². The van der Waals surface area contributed by atoms with Crippen LogP contribution >= 0.6 is 0 Å². The normalized spacial score (nSPS) is 25.2. The van der Waals surface area contributed by atoms with Crippen LogP contribution in [0.3, 0.4) is 0 Å². The summed E-state index contributed by atoms with van der Waals surface area (Å²) < 4.78 is 10.7. The lowest BCUT2D eigenvalue weighted by Crippen LogP contribution is -2.48. The molecule has 0 saturated carbocycles. The molecule has 8 nitrogen and oxygen atoms in total. The summed E-state index contributed by atoms with van der Waals surface area (Å²) in [6.45, 7) is 3.23. The third-order valence-corrected chi connectivity index (χ3v) is 6.97. The molecule has 4 aliphatic heterocycles. The van der Waals surface area contributed by atoms with Crippen molar-refractivity contribution in [2.24, 2.45) is 5.92 Å². The maximum Gasteiger partial charge on any atom is 0.251 e. The summed E-state index contributed by atoms with van der Waals surface area (Å²) in [5, 5.41) is 0. The molecular weight excluding hydrogens is 398 g/mol. The van der Waals surface area contributed by atoms with Gasteiger partial charge in [0.1, 0.15) is 0 Å². The van der Waals surface area contributed by atoms with E-state index in [-0.39, 0.29) is 36.9 Å². The molecule has 4 heterocycles. The molecule has 0 aliphatic carbocycles. The minimum Gasteiger partial charge on any atom is -0.454 e. The number of hydrogen-bond donors (Lipinski definition) is 0. The van der Waals surface area contributed by atoms with Crippen LogP contribution in [0.4, 0.5) is 5.69 Å². The molecule has 3 amide bonds. The van der Waals surface area contributed by atoms with E-state index in [0.29, 0.717) is 30.3 Å². The van der Waals surface area contributed by atoms with Crippen molar-refractivity contribution >= 4 is 23.4 Å². The van der Waals surface area contributed by atoms with E-state index in [1.54, 1.807) is 18.2 Å². The van der Waals surface area contributed by atoms with Crippen molar-refractivity contribution in [3.63, 3.8) is 0 Å². The van der Waals surface area contributed by atoms with Gasteiger partial charge in [-0.15, -0.1) is 0 Å². The smallest absolute Gasteiger partial charge is 0.251 e. The maximum atomic E-state index is 13.1. The number of anilines is 1. The first-order valence-corrected chi connectivity index (χ1v) is 11.4. The number of piperidine rings is 1. The van der Waals surface area contributed by atoms with Crippen molar-refractivity contribution in [1.82, 2.24) is 9.80 Å². The average Bonchev–Trinajstić information content (AvgIpc) is 3.25. The molecule has 0 radical (unpaired) electrons. The largest absolute Gasteiger partial charge is 0.454 e. The first-order chi connectivity index (χ1) is 15.1. The fourth-order valence-corrected chi connectivity index (χ4v) is 5.20. The van der Waals surface area contributed by atoms with Crippen molar-refractivity contribution < 1.29 is 23.9 Å². The second-order valence-corrected chi connectivity index (χ2v) is 8.87. The van der Waals surface area contributed by atoms with Crippen LogP contribution in [0.1, 0.15) is 44.9 Å². The van der Waals surface area contributed by atoms with Crippen LogP contribution in [0, 0.1) is 5.92 Å². The third kappa shape index (κ3) is 3.89. The Kier molecular flexibility index (Phi) is 5.56. The second-order valence-electron chi connectivity index (χ2n) is 8.87. The van der Waals surface area contributed by atoms with Crippen LogP contribution in [0.25, 0.3) is 0 Å². The Morgan fingerprint density at radius 1 is 0.903 bits per heavy atom. The Balaban J connectivity index is 1.21. The minimum atomic E-state index is -0.452. The van der Waals surface area contributed by atoms with Crippen LogP contribution in [-0.2, 0) is 14.4 Å². The number of ether oxygens (including phenoxy) is 2. The second kappa shape index (κ2) is 8.49. The van der Waals surface area contributed by atoms with E-state index in [0.717, 1.165) is 38.8 Å². The number of likely N-dealkylation sites (tertiary alicyclic amines) is 2. The lowest BCUT2D eigenvalue weighted by atomic mass is 9.94. The summed E-state index contributed by atoms with van der Waals surface area (Å²) in [5.74, 6) is 1.09. The molecule has 3 saturated heterocycles. The summed E-state index contributed by atoms with van der Waals surface area (Å²) in [5.41, 5.74) is 0.521. The van der Waals surface area contributed by atoms with Crippen molar-refractivity contribution in [3.05, 3.63) is 18.2 Å². The van der Waals surface area contributed by atoms with E-state index in [1.807, 2.05) is 4.90 Å². The molecule has 166 valence electrons. The molecule has 0 unspecified atom stereocenters. The zero-order chi connectivity index (χ0) is 21.4. The molecule has 31 heavy (non-hydrogen) atoms. The highest BCUT2D eigenvalue weighted by atomic mass is 16.7. The number of amides is 3. The van der Waals surface area contributed by atoms with Gasteiger partial charge in [-0.25, -0.2) is 4.90 Å². The Hall–Kier alpha value is -2.61. The highest BCUT2D eigenvalue weighted by molar-refractivity contribution is 6.22. The fourth-order valence-electron chi connectivity index (χ4n) is 5.20. The number of carbonyl (C=O) groups is 3. The van der Waals surface area contributed by atoms with Crippen LogP contribution in [0.15, 0.2) is 18.2 Å². The number of imide groups is 1. The summed E-state index contributed by atoms with van der Waals surface area (Å²) in [6, 6.07) is 4.68. The van der Waals surface area contributed by atoms with Crippen molar-refractivity contribution in [1.29, 1.82) is 0 Å². The molecule has 0 aromatic heterocycles. The number of nitrogens with zero attached hydrogens (tertiary/aromatic N) is 3. The zero-order valence-corrected chi connectivity index (χ0v) is 17.8. The van der Waals surface area contributed by atoms with E-state index in [2.05, 4.69) is 4.90 Å². The molecule has 1 atom stereocenters. The van der Waals surface area contributed by atoms with Gasteiger partial charge < -0.3 is 14.4 Å². The van der Waals surface area contributed by atoms with Gasteiger partial charge in [0.05, 0.1) is 18.2 Å². The van der Waals surface area contributed by atoms with Gasteiger partial charge in [-0.2, -0.15) is 0 Å². The topological polar surface area (TPSA) is 79.4 Å². The first-order valence-electron chi connectivity index (χ1n) is 11.4. The number of benzene rings is 1. The molecule has 0 bridgehead atoms. The zero-order valence-electron chi connectivity index (χ0n) is 17.8. The summed E-state index contributed by atoms with van der Waals surface area (Å²) in [7, 11) is 0. The monoisotopic (exact) mass is 427 g/mol. The fraction of sp³-hybridized carbons (Fsp3) is 0.609. The predicted molar refractivity (Wildman–Crippen MR) is 113 cm³/mol. The van der Waals surface area contributed by atoms with Crippen LogP contribution < -0.4 is 14.4 Å². The van der Waals surface area contributed by atoms with Gasteiger partial charge in [0.15, 0.2) is 11.5 Å². The molecule has 1 aromatic rings. The number of hydrogen-bond acceptors (Lipinski definition) is 6. The highest BCUT2D eigenvalue weighted by Gasteiger charge is 2.44. The number of carbonyl (C=O) groups excluding carboxylic acids is 3. The van der Waals surface area contributed by atoms with Crippen LogP contribution in [0.2, 0.25) is 0 Å². The number of fused-ring (bicyclic) bond motifs is 1. The Morgan fingerprint density at radius 3 is 2.35 bits per heavy atom. The Morgan fingerprint density at radius 2 is 1.61 bits per heavy atom. The molecule has 5 rings (SSSR count). The van der Waals surface area contributed by atoms with Gasteiger partial charge >= 0.3 is 0 Å². The highest BCUT2D eigenvalue weighted by Crippen LogP contribution is 2.37. The summed E-state index contributed by atoms with van der Waals surface area (Å²) in [6.07, 6.45) is 6.28. The van der Waals surface area contributed by atoms with Gasteiger partial charge in [-0.05, 0) is 50.9 Å². The van der Waals surface area contributed by atoms with Gasteiger partial charge in [-0.3, -0.25) is 19.3 Å². The lowest BCUT2D eigenvalue weighted by molar-refractivity contribution is -0.137. The molecule has 8 heteroatoms. The third-order valence-electron chi connectivity index (χ3n) is 6.97. The Bertz CT molecular complexity index is 872. The molecule has 3 fully saturated rings. The molecular formula is C23H29N3O5. The Labute approximate surface area is 182 Å². The van der Waals surface area contributed by atoms with Crippen LogP contribution in [-0.4, -0.2) is 66.5 Å². The SMILES string of the molecule is O=C(C1CCN([C@H]2CC(=O)N(c3ccc4c(c3)OCO4)C2=O)CC1)N1CCCCCC1. The van der Waals surface area contributed by atoms with Crippen molar-refractivity contribution in [2.45, 2.75) is 51.0 Å². The van der Waals surface area contributed by atoms with E-state index in [4.69, 9.17) is 9.47 Å². The van der Waals surface area contributed by atoms with Crippen molar-refractivity contribution in [3.8, 4) is 11.5 Å². The molecule has 0 spiro atoms. The summed E-state index contributed by atoms with van der Waals surface area (Å²) >= 11 is 0. The molecule has 1 aromatic carbocycles. The quantitative estimate of drug-likeness (QED) is 0.688. The van der Waals surface area contributed by atoms with Gasteiger partial charge in [0.25, 0.3) is 5.91 Å². The number of rotatable bonds is 3. The van der Waals surface area contributed by atoms with Gasteiger partial charge in [0, 0.05) is 25.1 Å². The average molecular weight is 428 g/mol. The van der Waals surface area contributed by atoms with Crippen molar-refractivity contribution in [2.75, 3.05) is 37.9 Å².